The molecule has 1 fully saturated rings. The minimum Gasteiger partial charge on any atom is -0.393 e. The Hall–Kier alpha value is -1.98. The number of nitrogens with zero attached hydrogens (tertiary/aromatic N) is 1. The van der Waals surface area contributed by atoms with Gasteiger partial charge in [0.1, 0.15) is 5.82 Å². The van der Waals surface area contributed by atoms with Gasteiger partial charge in [-0.25, -0.2) is 4.39 Å². The average molecular weight is 335 g/mol. The highest BCUT2D eigenvalue weighted by molar-refractivity contribution is 6.33. The summed E-state index contributed by atoms with van der Waals surface area (Å²) in [6.07, 6.45) is 2.55. The molecule has 1 aliphatic carbocycles. The molecule has 1 aliphatic rings. The summed E-state index contributed by atoms with van der Waals surface area (Å²) in [5.74, 6) is -0.759. The predicted octanol–water partition coefficient (Wildman–Crippen LogP) is 3.12. The molecule has 2 N–H and O–H groups in total. The smallest absolute Gasteiger partial charge is 0.253 e. The number of rotatable bonds is 4. The number of carbonyl (C=O) groups excluding carboxylic acids is 1. The third-order valence-electron chi connectivity index (χ3n) is 4.09. The van der Waals surface area contributed by atoms with Gasteiger partial charge in [-0.1, -0.05) is 17.7 Å². The molecular formula is C17H16ClFN2O2. The highest BCUT2D eigenvalue weighted by Crippen LogP contribution is 2.37. The zero-order chi connectivity index (χ0) is 16.4. The second-order valence-electron chi connectivity index (χ2n) is 5.72. The SMILES string of the molecule is O=C(N[C@H](c1ccccn1)C1CC(O)C1)c1ccc(F)cc1Cl. The summed E-state index contributed by atoms with van der Waals surface area (Å²) in [7, 11) is 0. The van der Waals surface area contributed by atoms with E-state index >= 15 is 0 Å². The molecule has 0 unspecified atom stereocenters. The van der Waals surface area contributed by atoms with Crippen LogP contribution in [0.3, 0.4) is 0 Å². The molecule has 1 aromatic heterocycles. The monoisotopic (exact) mass is 334 g/mol. The van der Waals surface area contributed by atoms with E-state index in [1.165, 1.54) is 12.1 Å². The Morgan fingerprint density at radius 1 is 1.35 bits per heavy atom. The third-order valence-corrected chi connectivity index (χ3v) is 4.40. The number of carbonyl (C=O) groups is 1. The number of amides is 1. The van der Waals surface area contributed by atoms with E-state index in [0.29, 0.717) is 12.8 Å². The van der Waals surface area contributed by atoms with Gasteiger partial charge in [-0.3, -0.25) is 9.78 Å². The fourth-order valence-electron chi connectivity index (χ4n) is 2.79. The highest BCUT2D eigenvalue weighted by atomic mass is 35.5. The van der Waals surface area contributed by atoms with Crippen molar-refractivity contribution in [2.45, 2.75) is 25.0 Å². The first-order valence-electron chi connectivity index (χ1n) is 7.39. The summed E-state index contributed by atoms with van der Waals surface area (Å²) in [4.78, 5) is 16.8. The molecule has 1 atom stereocenters. The summed E-state index contributed by atoms with van der Waals surface area (Å²) in [6.45, 7) is 0. The number of hydrogen-bond acceptors (Lipinski definition) is 3. The van der Waals surface area contributed by atoms with E-state index in [2.05, 4.69) is 10.3 Å². The van der Waals surface area contributed by atoms with E-state index < -0.39 is 5.82 Å². The van der Waals surface area contributed by atoms with E-state index in [1.807, 2.05) is 12.1 Å². The molecule has 1 heterocycles. The molecule has 23 heavy (non-hydrogen) atoms. The van der Waals surface area contributed by atoms with Crippen molar-refractivity contribution in [1.82, 2.24) is 10.3 Å². The topological polar surface area (TPSA) is 62.2 Å². The lowest BCUT2D eigenvalue weighted by Crippen LogP contribution is -2.41. The molecule has 1 saturated carbocycles. The van der Waals surface area contributed by atoms with Crippen molar-refractivity contribution in [2.24, 2.45) is 5.92 Å². The largest absolute Gasteiger partial charge is 0.393 e. The number of aliphatic hydroxyl groups excluding tert-OH is 1. The number of nitrogens with one attached hydrogen (secondary N) is 1. The van der Waals surface area contributed by atoms with E-state index in [-0.39, 0.29) is 34.6 Å². The standard InChI is InChI=1S/C17H16ClFN2O2/c18-14-9-11(19)4-5-13(14)17(23)21-16(10-7-12(22)8-10)15-3-1-2-6-20-15/h1-6,9-10,12,16,22H,7-8H2,(H,21,23)/t10?,12?,16-/m0/s1. The Morgan fingerprint density at radius 3 is 2.74 bits per heavy atom. The summed E-state index contributed by atoms with van der Waals surface area (Å²) < 4.78 is 13.1. The van der Waals surface area contributed by atoms with Gasteiger partial charge < -0.3 is 10.4 Å². The zero-order valence-corrected chi connectivity index (χ0v) is 13.0. The number of aliphatic hydroxyl groups is 1. The van der Waals surface area contributed by atoms with Crippen molar-refractivity contribution in [2.75, 3.05) is 0 Å². The van der Waals surface area contributed by atoms with Crippen LogP contribution in [0, 0.1) is 11.7 Å². The van der Waals surface area contributed by atoms with E-state index in [9.17, 15) is 14.3 Å². The minimum atomic E-state index is -0.491. The maximum absolute atomic E-state index is 13.1. The lowest BCUT2D eigenvalue weighted by molar-refractivity contribution is 0.0228. The summed E-state index contributed by atoms with van der Waals surface area (Å²) in [5, 5.41) is 12.5. The van der Waals surface area contributed by atoms with Crippen LogP contribution in [-0.2, 0) is 0 Å². The van der Waals surface area contributed by atoms with Crippen LogP contribution in [0.2, 0.25) is 5.02 Å². The number of pyridine rings is 1. The number of aromatic nitrogens is 1. The Kier molecular flexibility index (Phi) is 4.59. The van der Waals surface area contributed by atoms with Crippen molar-refractivity contribution in [3.63, 3.8) is 0 Å². The van der Waals surface area contributed by atoms with Gasteiger partial charge in [-0.15, -0.1) is 0 Å². The Balaban J connectivity index is 1.82. The first-order valence-corrected chi connectivity index (χ1v) is 7.77. The molecule has 0 spiro atoms. The minimum absolute atomic E-state index is 0.0657. The van der Waals surface area contributed by atoms with Crippen molar-refractivity contribution in [3.8, 4) is 0 Å². The first-order chi connectivity index (χ1) is 11.0. The van der Waals surface area contributed by atoms with Gasteiger partial charge in [0.15, 0.2) is 0 Å². The van der Waals surface area contributed by atoms with Crippen LogP contribution in [0.1, 0.15) is 34.9 Å². The molecule has 0 radical (unpaired) electrons. The van der Waals surface area contributed by atoms with Crippen LogP contribution in [0.25, 0.3) is 0 Å². The average Bonchev–Trinajstić information content (AvgIpc) is 2.50. The van der Waals surface area contributed by atoms with Crippen LogP contribution in [0.15, 0.2) is 42.6 Å². The summed E-state index contributed by atoms with van der Waals surface area (Å²) >= 11 is 5.95. The third kappa shape index (κ3) is 3.51. The van der Waals surface area contributed by atoms with E-state index in [0.717, 1.165) is 11.8 Å². The number of hydrogen-bond donors (Lipinski definition) is 2. The van der Waals surface area contributed by atoms with Crippen LogP contribution in [0.4, 0.5) is 4.39 Å². The first kappa shape index (κ1) is 15.9. The summed E-state index contributed by atoms with van der Waals surface area (Å²) in [6, 6.07) is 8.84. The second-order valence-corrected chi connectivity index (χ2v) is 6.12. The predicted molar refractivity (Wildman–Crippen MR) is 84.6 cm³/mol. The lowest BCUT2D eigenvalue weighted by Gasteiger charge is -2.37. The number of benzene rings is 1. The Morgan fingerprint density at radius 2 is 2.13 bits per heavy atom. The van der Waals surface area contributed by atoms with Gasteiger partial charge in [-0.2, -0.15) is 0 Å². The van der Waals surface area contributed by atoms with Gasteiger partial charge in [0.25, 0.3) is 5.91 Å². The van der Waals surface area contributed by atoms with Crippen molar-refractivity contribution in [3.05, 3.63) is 64.7 Å². The molecule has 120 valence electrons. The van der Waals surface area contributed by atoms with Gasteiger partial charge in [-0.05, 0) is 49.1 Å². The molecule has 1 amide bonds. The van der Waals surface area contributed by atoms with Gasteiger partial charge in [0.05, 0.1) is 28.4 Å². The maximum Gasteiger partial charge on any atom is 0.253 e. The van der Waals surface area contributed by atoms with E-state index in [4.69, 9.17) is 11.6 Å². The molecule has 3 rings (SSSR count). The molecule has 0 saturated heterocycles. The second kappa shape index (κ2) is 6.64. The molecule has 0 bridgehead atoms. The van der Waals surface area contributed by atoms with Gasteiger partial charge >= 0.3 is 0 Å². The maximum atomic E-state index is 13.1. The Bertz CT molecular complexity index is 705. The van der Waals surface area contributed by atoms with Crippen LogP contribution >= 0.6 is 11.6 Å². The van der Waals surface area contributed by atoms with E-state index in [1.54, 1.807) is 12.3 Å². The fourth-order valence-corrected chi connectivity index (χ4v) is 3.04. The molecule has 4 nitrogen and oxygen atoms in total. The number of halogens is 2. The zero-order valence-electron chi connectivity index (χ0n) is 12.2. The summed E-state index contributed by atoms with van der Waals surface area (Å²) in [5.41, 5.74) is 0.949. The molecule has 0 aliphatic heterocycles. The highest BCUT2D eigenvalue weighted by Gasteiger charge is 2.36. The van der Waals surface area contributed by atoms with Crippen molar-refractivity contribution < 1.29 is 14.3 Å². The lowest BCUT2D eigenvalue weighted by atomic mass is 9.76. The molecular weight excluding hydrogens is 319 g/mol. The van der Waals surface area contributed by atoms with Gasteiger partial charge in [0.2, 0.25) is 0 Å². The molecule has 1 aromatic carbocycles. The van der Waals surface area contributed by atoms with Crippen molar-refractivity contribution >= 4 is 17.5 Å². The normalized spacial score (nSPS) is 21.3. The quantitative estimate of drug-likeness (QED) is 0.903. The Labute approximate surface area is 138 Å². The molecule has 2 aromatic rings. The fraction of sp³-hybridized carbons (Fsp3) is 0.294. The van der Waals surface area contributed by atoms with Crippen LogP contribution in [0.5, 0.6) is 0 Å². The van der Waals surface area contributed by atoms with Crippen LogP contribution < -0.4 is 5.32 Å². The van der Waals surface area contributed by atoms with Gasteiger partial charge in [0, 0.05) is 6.20 Å². The molecule has 6 heteroatoms. The van der Waals surface area contributed by atoms with Crippen LogP contribution in [-0.4, -0.2) is 22.1 Å². The van der Waals surface area contributed by atoms with Crippen molar-refractivity contribution in [1.29, 1.82) is 0 Å².